The van der Waals surface area contributed by atoms with E-state index in [1.807, 2.05) is 0 Å². The van der Waals surface area contributed by atoms with Crippen molar-refractivity contribution in [1.82, 2.24) is 4.98 Å². The van der Waals surface area contributed by atoms with E-state index < -0.39 is 5.97 Å². The molecule has 0 atom stereocenters. The minimum atomic E-state index is -0.836. The molecule has 0 amide bonds. The molecule has 5 nitrogen and oxygen atoms in total. The smallest absolute Gasteiger partial charge is 0.308 e. The first-order valence-corrected chi connectivity index (χ1v) is 6.38. The SMILES string of the molecule is CCN(CC)c1nc(COC)c(CC(=O)O)s1. The van der Waals surface area contributed by atoms with E-state index in [0.29, 0.717) is 6.61 Å². The zero-order valence-corrected chi connectivity index (χ0v) is 11.2. The van der Waals surface area contributed by atoms with Crippen molar-refractivity contribution in [2.45, 2.75) is 26.9 Å². The highest BCUT2D eigenvalue weighted by Gasteiger charge is 2.16. The monoisotopic (exact) mass is 258 g/mol. The maximum Gasteiger partial charge on any atom is 0.308 e. The van der Waals surface area contributed by atoms with Crippen molar-refractivity contribution in [2.24, 2.45) is 0 Å². The molecule has 0 aliphatic carbocycles. The zero-order chi connectivity index (χ0) is 12.8. The molecule has 0 aliphatic rings. The number of hydrogen-bond acceptors (Lipinski definition) is 5. The fraction of sp³-hybridized carbons (Fsp3) is 0.636. The second-order valence-electron chi connectivity index (χ2n) is 3.54. The standard InChI is InChI=1S/C11H18N2O3S/c1-4-13(5-2)11-12-8(7-16-3)9(17-11)6-10(14)15/h4-7H2,1-3H3,(H,14,15). The van der Waals surface area contributed by atoms with Gasteiger partial charge in [-0.3, -0.25) is 4.79 Å². The number of carboxylic acids is 1. The summed E-state index contributed by atoms with van der Waals surface area (Å²) in [7, 11) is 1.58. The van der Waals surface area contributed by atoms with Crippen LogP contribution in [0.4, 0.5) is 5.13 Å². The molecule has 96 valence electrons. The predicted octanol–water partition coefficient (Wildman–Crippen LogP) is 1.76. The zero-order valence-electron chi connectivity index (χ0n) is 10.4. The van der Waals surface area contributed by atoms with Crippen LogP contribution >= 0.6 is 11.3 Å². The van der Waals surface area contributed by atoms with E-state index in [-0.39, 0.29) is 6.42 Å². The quantitative estimate of drug-likeness (QED) is 0.807. The van der Waals surface area contributed by atoms with Crippen LogP contribution in [0, 0.1) is 0 Å². The number of nitrogens with zero attached hydrogens (tertiary/aromatic N) is 2. The summed E-state index contributed by atoms with van der Waals surface area (Å²) in [6, 6.07) is 0. The fourth-order valence-corrected chi connectivity index (χ4v) is 2.71. The fourth-order valence-electron chi connectivity index (χ4n) is 1.52. The molecule has 1 heterocycles. The van der Waals surface area contributed by atoms with Crippen LogP contribution in [0.15, 0.2) is 0 Å². The van der Waals surface area contributed by atoms with Gasteiger partial charge < -0.3 is 14.7 Å². The van der Waals surface area contributed by atoms with Crippen LogP contribution in [0.5, 0.6) is 0 Å². The number of anilines is 1. The summed E-state index contributed by atoms with van der Waals surface area (Å²) in [5.74, 6) is -0.836. The molecule has 1 aromatic rings. The van der Waals surface area contributed by atoms with E-state index in [4.69, 9.17) is 9.84 Å². The van der Waals surface area contributed by atoms with Crippen LogP contribution in [0.1, 0.15) is 24.4 Å². The molecule has 1 N–H and O–H groups in total. The number of rotatable bonds is 7. The normalized spacial score (nSPS) is 10.5. The van der Waals surface area contributed by atoms with Crippen LogP contribution in [0.3, 0.4) is 0 Å². The van der Waals surface area contributed by atoms with Gasteiger partial charge in [-0.1, -0.05) is 0 Å². The number of methoxy groups -OCH3 is 1. The first-order valence-electron chi connectivity index (χ1n) is 5.56. The minimum Gasteiger partial charge on any atom is -0.481 e. The number of carbonyl (C=O) groups is 1. The second kappa shape index (κ2) is 6.56. The summed E-state index contributed by atoms with van der Waals surface area (Å²) in [5, 5.41) is 9.72. The Hall–Kier alpha value is -1.14. The lowest BCUT2D eigenvalue weighted by atomic mass is 10.3. The largest absolute Gasteiger partial charge is 0.481 e. The number of carboxylic acid groups (broad SMARTS) is 1. The van der Waals surface area contributed by atoms with Crippen LogP contribution < -0.4 is 4.90 Å². The molecule has 6 heteroatoms. The molecule has 0 saturated carbocycles. The number of aromatic nitrogens is 1. The molecule has 0 aromatic carbocycles. The lowest BCUT2D eigenvalue weighted by Crippen LogP contribution is -2.21. The molecule has 0 bridgehead atoms. The van der Waals surface area contributed by atoms with Crippen molar-refractivity contribution in [2.75, 3.05) is 25.1 Å². The van der Waals surface area contributed by atoms with Gasteiger partial charge in [-0.25, -0.2) is 4.98 Å². The summed E-state index contributed by atoms with van der Waals surface area (Å²) >= 11 is 1.44. The molecule has 0 unspecified atom stereocenters. The summed E-state index contributed by atoms with van der Waals surface area (Å²) in [4.78, 5) is 18.1. The Morgan fingerprint density at radius 3 is 2.59 bits per heavy atom. The Kier molecular flexibility index (Phi) is 5.37. The van der Waals surface area contributed by atoms with Crippen molar-refractivity contribution in [3.8, 4) is 0 Å². The van der Waals surface area contributed by atoms with Gasteiger partial charge in [0.2, 0.25) is 0 Å². The summed E-state index contributed by atoms with van der Waals surface area (Å²) in [6.07, 6.45) is 0.0115. The van der Waals surface area contributed by atoms with Gasteiger partial charge >= 0.3 is 5.97 Å². The summed E-state index contributed by atoms with van der Waals surface area (Å²) in [6.45, 7) is 6.20. The topological polar surface area (TPSA) is 62.7 Å². The number of thiazole rings is 1. The molecular formula is C11H18N2O3S. The molecule has 0 aliphatic heterocycles. The molecular weight excluding hydrogens is 240 g/mol. The van der Waals surface area contributed by atoms with Crippen molar-refractivity contribution < 1.29 is 14.6 Å². The van der Waals surface area contributed by atoms with E-state index in [1.54, 1.807) is 7.11 Å². The van der Waals surface area contributed by atoms with Crippen LogP contribution in [0.2, 0.25) is 0 Å². The lowest BCUT2D eigenvalue weighted by Gasteiger charge is -2.16. The van der Waals surface area contributed by atoms with Gasteiger partial charge in [-0.2, -0.15) is 0 Å². The first kappa shape index (κ1) is 13.9. The summed E-state index contributed by atoms with van der Waals surface area (Å²) < 4.78 is 5.04. The highest BCUT2D eigenvalue weighted by Crippen LogP contribution is 2.27. The third-order valence-corrected chi connectivity index (χ3v) is 3.55. The summed E-state index contributed by atoms with van der Waals surface area (Å²) in [5.41, 5.74) is 0.738. The second-order valence-corrected chi connectivity index (χ2v) is 4.60. The molecule has 0 spiro atoms. The average molecular weight is 258 g/mol. The van der Waals surface area contributed by atoms with Gasteiger partial charge in [-0.15, -0.1) is 11.3 Å². The van der Waals surface area contributed by atoms with E-state index in [9.17, 15) is 4.79 Å². The molecule has 0 saturated heterocycles. The maximum atomic E-state index is 10.8. The Bertz CT molecular complexity index is 375. The highest BCUT2D eigenvalue weighted by molar-refractivity contribution is 7.15. The van der Waals surface area contributed by atoms with Crippen molar-refractivity contribution in [3.63, 3.8) is 0 Å². The predicted molar refractivity (Wildman–Crippen MR) is 67.7 cm³/mol. The van der Waals surface area contributed by atoms with E-state index in [2.05, 4.69) is 23.7 Å². The first-order chi connectivity index (χ1) is 8.12. The Labute approximate surface area is 105 Å². The van der Waals surface area contributed by atoms with Crippen LogP contribution in [-0.2, 0) is 22.6 Å². The molecule has 17 heavy (non-hydrogen) atoms. The van der Waals surface area contributed by atoms with Crippen molar-refractivity contribution in [1.29, 1.82) is 0 Å². The Balaban J connectivity index is 2.97. The molecule has 1 rings (SSSR count). The van der Waals surface area contributed by atoms with Gasteiger partial charge in [0.05, 0.1) is 18.7 Å². The molecule has 1 aromatic heterocycles. The number of hydrogen-bond donors (Lipinski definition) is 1. The van der Waals surface area contributed by atoms with Gasteiger partial charge in [0.25, 0.3) is 0 Å². The van der Waals surface area contributed by atoms with Crippen LogP contribution in [-0.4, -0.2) is 36.3 Å². The van der Waals surface area contributed by atoms with E-state index >= 15 is 0 Å². The van der Waals surface area contributed by atoms with Gasteiger partial charge in [-0.05, 0) is 13.8 Å². The Morgan fingerprint density at radius 2 is 2.12 bits per heavy atom. The Morgan fingerprint density at radius 1 is 1.47 bits per heavy atom. The van der Waals surface area contributed by atoms with Gasteiger partial charge in [0.15, 0.2) is 5.13 Å². The third kappa shape index (κ3) is 3.67. The lowest BCUT2D eigenvalue weighted by molar-refractivity contribution is -0.136. The number of aliphatic carboxylic acids is 1. The maximum absolute atomic E-state index is 10.8. The van der Waals surface area contributed by atoms with Crippen molar-refractivity contribution in [3.05, 3.63) is 10.6 Å². The van der Waals surface area contributed by atoms with Gasteiger partial charge in [0.1, 0.15) is 0 Å². The minimum absolute atomic E-state index is 0.0115. The average Bonchev–Trinajstić information content (AvgIpc) is 2.63. The van der Waals surface area contributed by atoms with E-state index in [0.717, 1.165) is 28.8 Å². The third-order valence-electron chi connectivity index (χ3n) is 2.39. The van der Waals surface area contributed by atoms with Crippen molar-refractivity contribution >= 4 is 22.4 Å². The number of ether oxygens (including phenoxy) is 1. The van der Waals surface area contributed by atoms with Crippen LogP contribution in [0.25, 0.3) is 0 Å². The van der Waals surface area contributed by atoms with E-state index in [1.165, 1.54) is 11.3 Å². The molecule has 0 radical (unpaired) electrons. The van der Waals surface area contributed by atoms with Gasteiger partial charge in [0, 0.05) is 25.1 Å². The highest BCUT2D eigenvalue weighted by atomic mass is 32.1. The molecule has 0 fully saturated rings.